The molecular weight excluding hydrogens is 340 g/mol. The summed E-state index contributed by atoms with van der Waals surface area (Å²) in [6, 6.07) is 9.42. The molecule has 1 fully saturated rings. The van der Waals surface area contributed by atoms with Gasteiger partial charge in [0.2, 0.25) is 10.0 Å². The number of carbonyl (C=O) groups is 1. The normalized spacial score (nSPS) is 18.2. The van der Waals surface area contributed by atoms with E-state index in [9.17, 15) is 13.2 Å². The molecule has 25 heavy (non-hydrogen) atoms. The molecule has 1 saturated heterocycles. The third-order valence-electron chi connectivity index (χ3n) is 4.27. The topological polar surface area (TPSA) is 76.6 Å². The van der Waals surface area contributed by atoms with Gasteiger partial charge in [0.05, 0.1) is 23.1 Å². The van der Waals surface area contributed by atoms with Crippen LogP contribution in [0.25, 0.3) is 0 Å². The lowest BCUT2D eigenvalue weighted by atomic mass is 10.1. The number of hydrogen-bond acceptors (Lipinski definition) is 5. The van der Waals surface area contributed by atoms with Gasteiger partial charge in [-0.15, -0.1) is 0 Å². The summed E-state index contributed by atoms with van der Waals surface area (Å²) in [5.74, 6) is -0.456. The van der Waals surface area contributed by atoms with E-state index in [2.05, 4.69) is 4.98 Å². The number of esters is 1. The van der Waals surface area contributed by atoms with Gasteiger partial charge in [-0.1, -0.05) is 0 Å². The Morgan fingerprint density at radius 3 is 2.52 bits per heavy atom. The van der Waals surface area contributed by atoms with Gasteiger partial charge in [-0.2, -0.15) is 4.31 Å². The van der Waals surface area contributed by atoms with Crippen molar-refractivity contribution in [1.29, 1.82) is 0 Å². The third kappa shape index (κ3) is 3.57. The van der Waals surface area contributed by atoms with Gasteiger partial charge in [0, 0.05) is 18.9 Å². The number of sulfonamides is 1. The minimum Gasteiger partial charge on any atom is -0.462 e. The largest absolute Gasteiger partial charge is 0.462 e. The second-order valence-corrected chi connectivity index (χ2v) is 7.69. The Labute approximate surface area is 147 Å². The highest BCUT2D eigenvalue weighted by Crippen LogP contribution is 2.36. The second-order valence-electron chi connectivity index (χ2n) is 5.80. The van der Waals surface area contributed by atoms with E-state index in [1.807, 2.05) is 12.1 Å². The maximum absolute atomic E-state index is 13.0. The van der Waals surface area contributed by atoms with Crippen molar-refractivity contribution in [3.63, 3.8) is 0 Å². The predicted octanol–water partition coefficient (Wildman–Crippen LogP) is 2.78. The average Bonchev–Trinajstić information content (AvgIpc) is 3.13. The molecule has 0 amide bonds. The van der Waals surface area contributed by atoms with E-state index >= 15 is 0 Å². The van der Waals surface area contributed by atoms with Crippen LogP contribution in [0.4, 0.5) is 0 Å². The number of pyridine rings is 1. The number of benzene rings is 1. The molecule has 1 unspecified atom stereocenters. The molecule has 2 aromatic rings. The first-order chi connectivity index (χ1) is 12.0. The summed E-state index contributed by atoms with van der Waals surface area (Å²) in [6.07, 6.45) is 4.94. The van der Waals surface area contributed by atoms with E-state index in [4.69, 9.17) is 4.74 Å². The number of rotatable bonds is 5. The zero-order valence-electron chi connectivity index (χ0n) is 14.0. The number of nitrogens with zero attached hydrogens (tertiary/aromatic N) is 2. The SMILES string of the molecule is CCOC(=O)c1ccc(S(=O)(=O)N2CCCC2c2ccncc2)cc1. The highest BCUT2D eigenvalue weighted by atomic mass is 32.2. The highest BCUT2D eigenvalue weighted by Gasteiger charge is 2.36. The summed E-state index contributed by atoms with van der Waals surface area (Å²) in [5, 5.41) is 0. The molecule has 2 heterocycles. The molecule has 0 aliphatic carbocycles. The Morgan fingerprint density at radius 2 is 1.88 bits per heavy atom. The van der Waals surface area contributed by atoms with Crippen molar-refractivity contribution >= 4 is 16.0 Å². The Bertz CT molecular complexity index is 835. The molecule has 0 N–H and O–H groups in total. The summed E-state index contributed by atoms with van der Waals surface area (Å²) in [4.78, 5) is 15.9. The predicted molar refractivity (Wildman–Crippen MR) is 92.5 cm³/mol. The van der Waals surface area contributed by atoms with Crippen LogP contribution in [-0.4, -0.2) is 36.8 Å². The van der Waals surface area contributed by atoms with Crippen LogP contribution in [0.2, 0.25) is 0 Å². The Balaban J connectivity index is 1.87. The quantitative estimate of drug-likeness (QED) is 0.766. The molecule has 132 valence electrons. The molecule has 3 rings (SSSR count). The molecule has 0 bridgehead atoms. The lowest BCUT2D eigenvalue weighted by Gasteiger charge is -2.24. The molecule has 7 heteroatoms. The highest BCUT2D eigenvalue weighted by molar-refractivity contribution is 7.89. The summed E-state index contributed by atoms with van der Waals surface area (Å²) >= 11 is 0. The van der Waals surface area contributed by atoms with Crippen LogP contribution < -0.4 is 0 Å². The van der Waals surface area contributed by atoms with E-state index in [-0.39, 0.29) is 17.5 Å². The van der Waals surface area contributed by atoms with E-state index < -0.39 is 16.0 Å². The summed E-state index contributed by atoms with van der Waals surface area (Å²) in [7, 11) is -3.63. The fraction of sp³-hybridized carbons (Fsp3) is 0.333. The van der Waals surface area contributed by atoms with Gasteiger partial charge < -0.3 is 4.74 Å². The van der Waals surface area contributed by atoms with Gasteiger partial charge in [-0.25, -0.2) is 13.2 Å². The minimum absolute atomic E-state index is 0.182. The first-order valence-electron chi connectivity index (χ1n) is 8.23. The molecular formula is C18H20N2O4S. The number of ether oxygens (including phenoxy) is 1. The van der Waals surface area contributed by atoms with Gasteiger partial charge in [0.1, 0.15) is 0 Å². The maximum atomic E-state index is 13.0. The van der Waals surface area contributed by atoms with Crippen molar-refractivity contribution in [2.24, 2.45) is 0 Å². The lowest BCUT2D eigenvalue weighted by Crippen LogP contribution is -2.30. The monoisotopic (exact) mass is 360 g/mol. The standard InChI is InChI=1S/C18H20N2O4S/c1-2-24-18(21)15-5-7-16(8-6-15)25(22,23)20-13-3-4-17(20)14-9-11-19-12-10-14/h5-12,17H,2-4,13H2,1H3. The van der Waals surface area contributed by atoms with Gasteiger partial charge in [-0.05, 0) is 61.7 Å². The zero-order chi connectivity index (χ0) is 17.9. The van der Waals surface area contributed by atoms with E-state index in [0.717, 1.165) is 18.4 Å². The van der Waals surface area contributed by atoms with Gasteiger partial charge in [-0.3, -0.25) is 4.98 Å². The van der Waals surface area contributed by atoms with Crippen molar-refractivity contribution in [2.75, 3.05) is 13.2 Å². The summed E-state index contributed by atoms with van der Waals surface area (Å²) in [6.45, 7) is 2.48. The van der Waals surface area contributed by atoms with Gasteiger partial charge >= 0.3 is 5.97 Å². The van der Waals surface area contributed by atoms with Crippen LogP contribution >= 0.6 is 0 Å². The second kappa shape index (κ2) is 7.33. The number of aromatic nitrogens is 1. The maximum Gasteiger partial charge on any atom is 0.338 e. The van der Waals surface area contributed by atoms with Gasteiger partial charge in [0.15, 0.2) is 0 Å². The van der Waals surface area contributed by atoms with Crippen LogP contribution in [0.15, 0.2) is 53.7 Å². The molecule has 1 aliphatic rings. The van der Waals surface area contributed by atoms with E-state index in [1.54, 1.807) is 19.3 Å². The van der Waals surface area contributed by atoms with Crippen molar-refractivity contribution in [3.8, 4) is 0 Å². The Kier molecular flexibility index (Phi) is 5.15. The Hall–Kier alpha value is -2.25. The number of hydrogen-bond donors (Lipinski definition) is 0. The molecule has 1 aromatic heterocycles. The molecule has 0 saturated carbocycles. The molecule has 0 radical (unpaired) electrons. The van der Waals surface area contributed by atoms with Gasteiger partial charge in [0.25, 0.3) is 0 Å². The molecule has 1 atom stereocenters. The zero-order valence-corrected chi connectivity index (χ0v) is 14.8. The van der Waals surface area contributed by atoms with Crippen LogP contribution in [0.3, 0.4) is 0 Å². The smallest absolute Gasteiger partial charge is 0.338 e. The third-order valence-corrected chi connectivity index (χ3v) is 6.19. The lowest BCUT2D eigenvalue weighted by molar-refractivity contribution is 0.0526. The first kappa shape index (κ1) is 17.6. The van der Waals surface area contributed by atoms with E-state index in [0.29, 0.717) is 12.1 Å². The fourth-order valence-electron chi connectivity index (χ4n) is 3.06. The number of carbonyl (C=O) groups excluding carboxylic acids is 1. The van der Waals surface area contributed by atoms with Crippen molar-refractivity contribution < 1.29 is 17.9 Å². The molecule has 1 aliphatic heterocycles. The van der Waals surface area contributed by atoms with Crippen LogP contribution in [0.5, 0.6) is 0 Å². The summed E-state index contributed by atoms with van der Waals surface area (Å²) < 4.78 is 32.5. The molecule has 0 spiro atoms. The molecule has 1 aromatic carbocycles. The minimum atomic E-state index is -3.63. The first-order valence-corrected chi connectivity index (χ1v) is 9.67. The van der Waals surface area contributed by atoms with Crippen molar-refractivity contribution in [3.05, 3.63) is 59.9 Å². The fourth-order valence-corrected chi connectivity index (χ4v) is 4.74. The Morgan fingerprint density at radius 1 is 1.20 bits per heavy atom. The van der Waals surface area contributed by atoms with E-state index in [1.165, 1.54) is 28.6 Å². The summed E-state index contributed by atoms with van der Waals surface area (Å²) in [5.41, 5.74) is 1.28. The average molecular weight is 360 g/mol. The van der Waals surface area contributed by atoms with Crippen LogP contribution in [0.1, 0.15) is 41.7 Å². The van der Waals surface area contributed by atoms with Crippen LogP contribution in [0, 0.1) is 0 Å². The molecule has 6 nitrogen and oxygen atoms in total. The van der Waals surface area contributed by atoms with Crippen molar-refractivity contribution in [2.45, 2.75) is 30.7 Å². The van der Waals surface area contributed by atoms with Crippen molar-refractivity contribution in [1.82, 2.24) is 9.29 Å². The van der Waals surface area contributed by atoms with Crippen LogP contribution in [-0.2, 0) is 14.8 Å².